The van der Waals surface area contributed by atoms with E-state index in [2.05, 4.69) is 27.7 Å². The second-order valence-electron chi connectivity index (χ2n) is 9.58. The van der Waals surface area contributed by atoms with Gasteiger partial charge in [-0.15, -0.1) is 0 Å². The van der Waals surface area contributed by atoms with Crippen LogP contribution in [0.2, 0.25) is 0 Å². The lowest BCUT2D eigenvalue weighted by atomic mass is 10.2. The molecule has 0 spiro atoms. The zero-order valence-electron chi connectivity index (χ0n) is 23.1. The van der Waals surface area contributed by atoms with Crippen LogP contribution < -0.4 is 0 Å². The molecule has 37 heavy (non-hydrogen) atoms. The summed E-state index contributed by atoms with van der Waals surface area (Å²) in [6.07, 6.45) is 17.9. The minimum Gasteiger partial charge on any atom is -0.478 e. The molecule has 2 N–H and O–H groups in total. The largest absolute Gasteiger partial charge is 0.478 e. The first-order valence-electron chi connectivity index (χ1n) is 13.7. The van der Waals surface area contributed by atoms with Crippen LogP contribution in [-0.2, 0) is 10.8 Å². The zero-order chi connectivity index (χ0) is 27.7. The molecule has 0 fully saturated rings. The van der Waals surface area contributed by atoms with Crippen molar-refractivity contribution in [1.29, 1.82) is 0 Å². The standard InChI is InChI=1S/C16H36P.C14H10O5S/c1-5-9-13-17(14-10-6-2,15-11-7-3)16-12-8-4;15-13(16)9-1-5-11(6-2-9)20(19)12-7-3-10(4-8-12)14(17)18/h5-16H2,1-4H3;1-8H,(H,15,16)(H,17,18)/q+1;. The first-order chi connectivity index (χ1) is 17.7. The third-order valence-corrected chi connectivity index (χ3v) is 13.0. The highest BCUT2D eigenvalue weighted by Gasteiger charge is 2.34. The van der Waals surface area contributed by atoms with Crippen LogP contribution in [0.1, 0.15) is 99.8 Å². The van der Waals surface area contributed by atoms with Crippen molar-refractivity contribution in [2.45, 2.75) is 88.9 Å². The first kappa shape index (κ1) is 33.0. The minimum absolute atomic E-state index is 0.118. The predicted octanol–water partition coefficient (Wildman–Crippen LogP) is 8.45. The van der Waals surface area contributed by atoms with Crippen LogP contribution in [0, 0.1) is 0 Å². The van der Waals surface area contributed by atoms with Crippen LogP contribution in [0.3, 0.4) is 0 Å². The van der Waals surface area contributed by atoms with Gasteiger partial charge < -0.3 is 10.2 Å². The average molecular weight is 550 g/mol. The Morgan fingerprint density at radius 1 is 0.595 bits per heavy atom. The minimum atomic E-state index is -1.48. The lowest BCUT2D eigenvalue weighted by Gasteiger charge is -2.28. The fraction of sp³-hybridized carbons (Fsp3) is 0.533. The quantitative estimate of drug-likeness (QED) is 0.205. The molecular formula is C30H46O5PS+. The molecule has 0 aliphatic rings. The van der Waals surface area contributed by atoms with Crippen LogP contribution in [-0.4, -0.2) is 51.0 Å². The molecular weight excluding hydrogens is 503 g/mol. The molecule has 0 bridgehead atoms. The number of carbonyl (C=O) groups is 2. The summed E-state index contributed by atoms with van der Waals surface area (Å²) in [5.41, 5.74) is 0.235. The number of hydrogen-bond donors (Lipinski definition) is 2. The number of aromatic carboxylic acids is 2. The van der Waals surface area contributed by atoms with E-state index in [1.54, 1.807) is 24.6 Å². The second-order valence-corrected chi connectivity index (χ2v) is 15.5. The molecule has 0 aromatic heterocycles. The molecule has 0 heterocycles. The normalized spacial score (nSPS) is 11.2. The SMILES string of the molecule is CCCC[P+](CCCC)(CCCC)CCCC.O=C(O)c1ccc(S(=O)c2ccc(C(=O)O)cc2)cc1. The zero-order valence-corrected chi connectivity index (χ0v) is 24.8. The summed E-state index contributed by atoms with van der Waals surface area (Å²) in [4.78, 5) is 22.4. The van der Waals surface area contributed by atoms with Gasteiger partial charge in [-0.3, -0.25) is 0 Å². The van der Waals surface area contributed by atoms with E-state index in [1.807, 2.05) is 0 Å². The third-order valence-electron chi connectivity index (χ3n) is 6.57. The van der Waals surface area contributed by atoms with Crippen LogP contribution in [0.15, 0.2) is 58.3 Å². The van der Waals surface area contributed by atoms with E-state index in [0.29, 0.717) is 9.79 Å². The third kappa shape index (κ3) is 11.9. The van der Waals surface area contributed by atoms with Gasteiger partial charge in [0.2, 0.25) is 0 Å². The number of unbranched alkanes of at least 4 members (excludes halogenated alkanes) is 4. The number of rotatable bonds is 16. The van der Waals surface area contributed by atoms with Crippen molar-refractivity contribution in [2.24, 2.45) is 0 Å². The maximum absolute atomic E-state index is 12.2. The summed E-state index contributed by atoms with van der Waals surface area (Å²) >= 11 is 0. The lowest BCUT2D eigenvalue weighted by Crippen LogP contribution is -2.12. The number of carboxylic acid groups (broad SMARTS) is 2. The van der Waals surface area contributed by atoms with Gasteiger partial charge in [-0.05, 0) is 74.2 Å². The summed E-state index contributed by atoms with van der Waals surface area (Å²) in [6, 6.07) is 11.4. The Hall–Kier alpha value is -2.04. The van der Waals surface area contributed by atoms with E-state index in [0.717, 1.165) is 0 Å². The van der Waals surface area contributed by atoms with Gasteiger partial charge in [-0.25, -0.2) is 13.8 Å². The Morgan fingerprint density at radius 2 is 0.865 bits per heavy atom. The molecule has 2 aromatic rings. The molecule has 0 saturated carbocycles. The number of benzene rings is 2. The summed E-state index contributed by atoms with van der Waals surface area (Å²) in [7, 11) is -2.04. The number of hydrogen-bond acceptors (Lipinski definition) is 3. The smallest absolute Gasteiger partial charge is 0.335 e. The van der Waals surface area contributed by atoms with Crippen molar-refractivity contribution in [2.75, 3.05) is 24.6 Å². The van der Waals surface area contributed by atoms with Crippen LogP contribution in [0.25, 0.3) is 0 Å². The van der Waals surface area contributed by atoms with Crippen molar-refractivity contribution in [1.82, 2.24) is 0 Å². The van der Waals surface area contributed by atoms with Gasteiger partial charge in [-0.1, -0.05) is 53.4 Å². The summed E-state index contributed by atoms with van der Waals surface area (Å²) in [5, 5.41) is 17.6. The molecule has 5 nitrogen and oxygen atoms in total. The predicted molar refractivity (Wildman–Crippen MR) is 157 cm³/mol. The second kappa shape index (κ2) is 18.3. The van der Waals surface area contributed by atoms with Gasteiger partial charge >= 0.3 is 11.9 Å². The maximum Gasteiger partial charge on any atom is 0.335 e. The van der Waals surface area contributed by atoms with Crippen molar-refractivity contribution in [3.05, 3.63) is 59.7 Å². The highest BCUT2D eigenvalue weighted by Crippen LogP contribution is 2.61. The van der Waals surface area contributed by atoms with E-state index < -0.39 is 30.0 Å². The molecule has 0 saturated heterocycles. The molecule has 7 heteroatoms. The first-order valence-corrected chi connectivity index (χ1v) is 17.3. The maximum atomic E-state index is 12.2. The van der Waals surface area contributed by atoms with E-state index in [1.165, 1.54) is 99.9 Å². The molecule has 2 aromatic carbocycles. The van der Waals surface area contributed by atoms with Crippen LogP contribution in [0.5, 0.6) is 0 Å². The van der Waals surface area contributed by atoms with Crippen molar-refractivity contribution < 1.29 is 24.0 Å². The molecule has 0 amide bonds. The molecule has 0 unspecified atom stereocenters. The fourth-order valence-corrected chi connectivity index (χ4v) is 10.6. The van der Waals surface area contributed by atoms with Crippen LogP contribution >= 0.6 is 7.26 Å². The van der Waals surface area contributed by atoms with Crippen molar-refractivity contribution >= 4 is 30.0 Å². The van der Waals surface area contributed by atoms with E-state index in [4.69, 9.17) is 10.2 Å². The molecule has 2 rings (SSSR count). The topological polar surface area (TPSA) is 91.7 Å². The van der Waals surface area contributed by atoms with Gasteiger partial charge in [0.05, 0.1) is 46.6 Å². The van der Waals surface area contributed by atoms with Gasteiger partial charge in [-0.2, -0.15) is 0 Å². The Morgan fingerprint density at radius 3 is 1.08 bits per heavy atom. The number of carboxylic acids is 2. The van der Waals surface area contributed by atoms with E-state index in [9.17, 15) is 13.8 Å². The summed E-state index contributed by atoms with van der Waals surface area (Å²) in [6.45, 7) is 9.42. The van der Waals surface area contributed by atoms with Crippen LogP contribution in [0.4, 0.5) is 0 Å². The summed E-state index contributed by atoms with van der Waals surface area (Å²) < 4.78 is 12.2. The molecule has 0 atom stereocenters. The Labute approximate surface area is 226 Å². The fourth-order valence-electron chi connectivity index (χ4n) is 4.22. The summed E-state index contributed by atoms with van der Waals surface area (Å²) in [5.74, 6) is -2.10. The molecule has 0 aliphatic heterocycles. The Balaban J connectivity index is 0.000000377. The molecule has 0 aliphatic carbocycles. The van der Waals surface area contributed by atoms with Gasteiger partial charge in [0.1, 0.15) is 0 Å². The molecule has 0 radical (unpaired) electrons. The highest BCUT2D eigenvalue weighted by atomic mass is 32.2. The van der Waals surface area contributed by atoms with E-state index >= 15 is 0 Å². The van der Waals surface area contributed by atoms with Crippen molar-refractivity contribution in [3.8, 4) is 0 Å². The van der Waals surface area contributed by atoms with Gasteiger partial charge in [0.25, 0.3) is 0 Å². The van der Waals surface area contributed by atoms with Crippen molar-refractivity contribution in [3.63, 3.8) is 0 Å². The van der Waals surface area contributed by atoms with E-state index in [-0.39, 0.29) is 11.1 Å². The Kier molecular flexibility index (Phi) is 16.3. The molecule has 206 valence electrons. The monoisotopic (exact) mass is 549 g/mol. The highest BCUT2D eigenvalue weighted by molar-refractivity contribution is 7.85. The van der Waals surface area contributed by atoms with Gasteiger partial charge in [0.15, 0.2) is 0 Å². The average Bonchev–Trinajstić information content (AvgIpc) is 2.92. The lowest BCUT2D eigenvalue weighted by molar-refractivity contribution is 0.0686. The van der Waals surface area contributed by atoms with Gasteiger partial charge in [0, 0.05) is 17.1 Å². The Bertz CT molecular complexity index is 860.